The van der Waals surface area contributed by atoms with Crippen molar-refractivity contribution in [3.63, 3.8) is 0 Å². The molecule has 0 atom stereocenters. The Morgan fingerprint density at radius 1 is 1.18 bits per heavy atom. The van der Waals surface area contributed by atoms with Gasteiger partial charge in [0.05, 0.1) is 5.54 Å². The summed E-state index contributed by atoms with van der Waals surface area (Å²) in [7, 11) is 0. The van der Waals surface area contributed by atoms with E-state index in [9.17, 15) is 4.79 Å². The maximum absolute atomic E-state index is 11.9. The number of hydrogen-bond donors (Lipinski definition) is 2. The molecule has 1 amide bonds. The second-order valence-corrected chi connectivity index (χ2v) is 5.75. The zero-order valence-electron chi connectivity index (χ0n) is 10.8. The zero-order valence-corrected chi connectivity index (χ0v) is 11.6. The lowest BCUT2D eigenvalue weighted by Gasteiger charge is -2.38. The van der Waals surface area contributed by atoms with Gasteiger partial charge in [0.25, 0.3) is 0 Å². The van der Waals surface area contributed by atoms with Crippen molar-refractivity contribution in [1.29, 1.82) is 0 Å². The number of rotatable bonds is 4. The van der Waals surface area contributed by atoms with Crippen LogP contribution < -0.4 is 11.1 Å². The minimum atomic E-state index is -0.534. The summed E-state index contributed by atoms with van der Waals surface area (Å²) < 4.78 is 0. The van der Waals surface area contributed by atoms with Gasteiger partial charge >= 0.3 is 0 Å². The fourth-order valence-corrected chi connectivity index (χ4v) is 3.01. The number of nitrogens with one attached hydrogen (secondary N) is 1. The van der Waals surface area contributed by atoms with E-state index in [1.807, 2.05) is 0 Å². The molecule has 2 aliphatic carbocycles. The molecule has 2 saturated carbocycles. The van der Waals surface area contributed by atoms with Gasteiger partial charge < -0.3 is 11.1 Å². The van der Waals surface area contributed by atoms with Crippen LogP contribution in [0.4, 0.5) is 0 Å². The Hall–Kier alpha value is -0.280. The molecule has 3 N–H and O–H groups in total. The average Bonchev–Trinajstić information content (AvgIpc) is 2.72. The van der Waals surface area contributed by atoms with Crippen molar-refractivity contribution in [3.8, 4) is 0 Å². The summed E-state index contributed by atoms with van der Waals surface area (Å²) in [6.45, 7) is 3.07. The molecule has 0 radical (unpaired) electrons. The molecule has 100 valence electrons. The van der Waals surface area contributed by atoms with Crippen molar-refractivity contribution in [2.24, 2.45) is 11.1 Å². The largest absolute Gasteiger partial charge is 0.354 e. The monoisotopic (exact) mass is 260 g/mol. The van der Waals surface area contributed by atoms with Gasteiger partial charge in [-0.2, -0.15) is 0 Å². The van der Waals surface area contributed by atoms with E-state index in [-0.39, 0.29) is 18.3 Å². The molecule has 2 fully saturated rings. The molecule has 2 aliphatic rings. The second kappa shape index (κ2) is 5.57. The minimum Gasteiger partial charge on any atom is -0.354 e. The third kappa shape index (κ3) is 2.94. The smallest absolute Gasteiger partial charge is 0.240 e. The molecule has 0 heterocycles. The highest BCUT2D eigenvalue weighted by molar-refractivity contribution is 5.87. The van der Waals surface area contributed by atoms with E-state index in [2.05, 4.69) is 12.2 Å². The first-order valence-electron chi connectivity index (χ1n) is 6.67. The molecule has 0 aromatic heterocycles. The normalized spacial score (nSPS) is 24.6. The highest BCUT2D eigenvalue weighted by Crippen LogP contribution is 2.40. The average molecular weight is 261 g/mol. The summed E-state index contributed by atoms with van der Waals surface area (Å²) in [6.07, 6.45) is 9.15. The standard InChI is InChI=1S/C13H24N2O.ClH/c1-2-12(6-3-4-7-12)10-15-11(16)13(14)8-5-9-13;/h2-10,14H2,1H3,(H,15,16);1H. The first-order valence-corrected chi connectivity index (χ1v) is 6.67. The van der Waals surface area contributed by atoms with E-state index in [4.69, 9.17) is 5.73 Å². The topological polar surface area (TPSA) is 55.1 Å². The molecule has 0 saturated heterocycles. The highest BCUT2D eigenvalue weighted by Gasteiger charge is 2.41. The Labute approximate surface area is 110 Å². The SMILES string of the molecule is CCC1(CNC(=O)C2(N)CCC2)CCCC1.Cl. The van der Waals surface area contributed by atoms with Gasteiger partial charge in [-0.25, -0.2) is 0 Å². The van der Waals surface area contributed by atoms with E-state index in [1.165, 1.54) is 32.1 Å². The van der Waals surface area contributed by atoms with Crippen molar-refractivity contribution < 1.29 is 4.79 Å². The summed E-state index contributed by atoms with van der Waals surface area (Å²) in [5.74, 6) is 0.0819. The van der Waals surface area contributed by atoms with Crippen molar-refractivity contribution in [2.75, 3.05) is 6.54 Å². The molecule has 0 aromatic rings. The maximum atomic E-state index is 11.9. The lowest BCUT2D eigenvalue weighted by Crippen LogP contribution is -2.59. The van der Waals surface area contributed by atoms with Crippen LogP contribution in [0.2, 0.25) is 0 Å². The van der Waals surface area contributed by atoms with E-state index in [0.717, 1.165) is 25.8 Å². The van der Waals surface area contributed by atoms with Crippen LogP contribution in [0.1, 0.15) is 58.3 Å². The molecule has 0 aliphatic heterocycles. The predicted octanol–water partition coefficient (Wildman–Crippen LogP) is 2.38. The first-order chi connectivity index (χ1) is 7.60. The van der Waals surface area contributed by atoms with Gasteiger partial charge in [0, 0.05) is 6.54 Å². The number of nitrogens with two attached hydrogens (primary N) is 1. The van der Waals surface area contributed by atoms with Crippen LogP contribution in [0.3, 0.4) is 0 Å². The van der Waals surface area contributed by atoms with Crippen molar-refractivity contribution >= 4 is 18.3 Å². The molecule has 0 bridgehead atoms. The molecule has 4 heteroatoms. The second-order valence-electron chi connectivity index (χ2n) is 5.75. The van der Waals surface area contributed by atoms with Gasteiger partial charge in [0.15, 0.2) is 0 Å². The summed E-state index contributed by atoms with van der Waals surface area (Å²) in [6, 6.07) is 0. The molecule has 17 heavy (non-hydrogen) atoms. The Kier molecular flexibility index (Phi) is 4.85. The van der Waals surface area contributed by atoms with Crippen LogP contribution in [0, 0.1) is 5.41 Å². The van der Waals surface area contributed by atoms with Gasteiger partial charge in [-0.15, -0.1) is 12.4 Å². The minimum absolute atomic E-state index is 0. The van der Waals surface area contributed by atoms with Crippen molar-refractivity contribution in [2.45, 2.75) is 63.8 Å². The Morgan fingerprint density at radius 3 is 2.18 bits per heavy atom. The highest BCUT2D eigenvalue weighted by atomic mass is 35.5. The molecule has 0 aromatic carbocycles. The van der Waals surface area contributed by atoms with Crippen LogP contribution in [0.15, 0.2) is 0 Å². The zero-order chi connectivity index (χ0) is 11.6. The molecular weight excluding hydrogens is 236 g/mol. The maximum Gasteiger partial charge on any atom is 0.240 e. The number of hydrogen-bond acceptors (Lipinski definition) is 2. The van der Waals surface area contributed by atoms with E-state index < -0.39 is 5.54 Å². The van der Waals surface area contributed by atoms with Gasteiger partial charge in [-0.05, 0) is 43.9 Å². The quantitative estimate of drug-likeness (QED) is 0.816. The Morgan fingerprint density at radius 2 is 1.76 bits per heavy atom. The Balaban J connectivity index is 0.00000144. The van der Waals surface area contributed by atoms with Crippen LogP contribution in [-0.4, -0.2) is 18.0 Å². The number of halogens is 1. The van der Waals surface area contributed by atoms with Gasteiger partial charge in [0.2, 0.25) is 5.91 Å². The summed E-state index contributed by atoms with van der Waals surface area (Å²) in [5, 5.41) is 3.09. The van der Waals surface area contributed by atoms with E-state index >= 15 is 0 Å². The van der Waals surface area contributed by atoms with Gasteiger partial charge in [-0.1, -0.05) is 19.8 Å². The molecule has 0 spiro atoms. The first kappa shape index (κ1) is 14.8. The van der Waals surface area contributed by atoms with Gasteiger partial charge in [-0.3, -0.25) is 4.79 Å². The summed E-state index contributed by atoms with van der Waals surface area (Å²) in [4.78, 5) is 11.9. The van der Waals surface area contributed by atoms with Crippen LogP contribution >= 0.6 is 12.4 Å². The van der Waals surface area contributed by atoms with E-state index in [1.54, 1.807) is 0 Å². The number of amides is 1. The fourth-order valence-electron chi connectivity index (χ4n) is 3.01. The number of carbonyl (C=O) groups excluding carboxylic acids is 1. The summed E-state index contributed by atoms with van der Waals surface area (Å²) in [5.41, 5.74) is 5.84. The van der Waals surface area contributed by atoms with Crippen LogP contribution in [-0.2, 0) is 4.79 Å². The lowest BCUT2D eigenvalue weighted by atomic mass is 9.76. The fraction of sp³-hybridized carbons (Fsp3) is 0.923. The van der Waals surface area contributed by atoms with Crippen LogP contribution in [0.5, 0.6) is 0 Å². The summed E-state index contributed by atoms with van der Waals surface area (Å²) >= 11 is 0. The molecule has 3 nitrogen and oxygen atoms in total. The molecule has 2 rings (SSSR count). The van der Waals surface area contributed by atoms with Crippen LogP contribution in [0.25, 0.3) is 0 Å². The predicted molar refractivity (Wildman–Crippen MR) is 72.2 cm³/mol. The number of carbonyl (C=O) groups is 1. The van der Waals surface area contributed by atoms with Gasteiger partial charge in [0.1, 0.15) is 0 Å². The van der Waals surface area contributed by atoms with Crippen molar-refractivity contribution in [3.05, 3.63) is 0 Å². The lowest BCUT2D eigenvalue weighted by molar-refractivity contribution is -0.129. The third-order valence-electron chi connectivity index (χ3n) is 4.74. The van der Waals surface area contributed by atoms with Crippen molar-refractivity contribution in [1.82, 2.24) is 5.32 Å². The Bertz CT molecular complexity index is 271. The van der Waals surface area contributed by atoms with E-state index in [0.29, 0.717) is 5.41 Å². The third-order valence-corrected chi connectivity index (χ3v) is 4.74. The molecular formula is C13H25ClN2O. The molecule has 0 unspecified atom stereocenters.